The molecule has 0 atom stereocenters. The zero-order valence-electron chi connectivity index (χ0n) is 17.4. The van der Waals surface area contributed by atoms with Crippen molar-refractivity contribution in [2.75, 3.05) is 19.5 Å². The van der Waals surface area contributed by atoms with Gasteiger partial charge in [-0.3, -0.25) is 9.36 Å². The molecule has 2 heterocycles. The molecule has 0 aliphatic carbocycles. The average molecular weight is 422 g/mol. The lowest BCUT2D eigenvalue weighted by atomic mass is 10.1. The van der Waals surface area contributed by atoms with E-state index in [-0.39, 0.29) is 5.56 Å². The van der Waals surface area contributed by atoms with Crippen LogP contribution in [0, 0.1) is 6.92 Å². The number of hydrogen-bond donors (Lipinski definition) is 1. The summed E-state index contributed by atoms with van der Waals surface area (Å²) < 4.78 is 12.8. The van der Waals surface area contributed by atoms with Crippen LogP contribution in [0.4, 0.5) is 5.95 Å². The first-order valence-electron chi connectivity index (χ1n) is 9.52. The quantitative estimate of drug-likeness (QED) is 0.493. The fourth-order valence-electron chi connectivity index (χ4n) is 3.35. The number of hydrogen-bond acceptors (Lipinski definition) is 6. The van der Waals surface area contributed by atoms with Gasteiger partial charge in [0.05, 0.1) is 19.7 Å². The molecular formula is C23H23N3O3S. The van der Waals surface area contributed by atoms with E-state index in [0.29, 0.717) is 22.7 Å². The highest BCUT2D eigenvalue weighted by molar-refractivity contribution is 7.22. The van der Waals surface area contributed by atoms with Crippen LogP contribution in [0.2, 0.25) is 0 Å². The predicted octanol–water partition coefficient (Wildman–Crippen LogP) is 4.60. The summed E-state index contributed by atoms with van der Waals surface area (Å²) >= 11 is 1.47. The monoisotopic (exact) mass is 421 g/mol. The van der Waals surface area contributed by atoms with Gasteiger partial charge in [-0.15, -0.1) is 11.3 Å². The Morgan fingerprint density at radius 3 is 2.57 bits per heavy atom. The molecule has 4 rings (SSSR count). The second kappa shape index (κ2) is 8.20. The SMILES string of the molecule is COc1cccc(CNc2nc3cc(-c4ccc(OC)cc4C)sc3c(=O)n2C)c1. The first kappa shape index (κ1) is 20.0. The molecule has 4 aromatic rings. The minimum Gasteiger partial charge on any atom is -0.497 e. The number of fused-ring (bicyclic) bond motifs is 1. The van der Waals surface area contributed by atoms with Crippen LogP contribution in [0.1, 0.15) is 11.1 Å². The Hall–Kier alpha value is -3.32. The number of thiophene rings is 1. The summed E-state index contributed by atoms with van der Waals surface area (Å²) in [5, 5.41) is 3.27. The van der Waals surface area contributed by atoms with Crippen molar-refractivity contribution in [2.45, 2.75) is 13.5 Å². The summed E-state index contributed by atoms with van der Waals surface area (Å²) in [6.07, 6.45) is 0. The van der Waals surface area contributed by atoms with Gasteiger partial charge in [-0.2, -0.15) is 0 Å². The normalized spacial score (nSPS) is 10.9. The zero-order valence-corrected chi connectivity index (χ0v) is 18.2. The van der Waals surface area contributed by atoms with Crippen LogP contribution < -0.4 is 20.3 Å². The topological polar surface area (TPSA) is 65.4 Å². The van der Waals surface area contributed by atoms with Crippen molar-refractivity contribution >= 4 is 27.5 Å². The van der Waals surface area contributed by atoms with Gasteiger partial charge in [0.2, 0.25) is 5.95 Å². The van der Waals surface area contributed by atoms with Crippen molar-refractivity contribution in [3.63, 3.8) is 0 Å². The van der Waals surface area contributed by atoms with E-state index >= 15 is 0 Å². The third-order valence-corrected chi connectivity index (χ3v) is 6.18. The first-order valence-corrected chi connectivity index (χ1v) is 10.3. The number of aryl methyl sites for hydroxylation is 1. The summed E-state index contributed by atoms with van der Waals surface area (Å²) in [6, 6.07) is 15.7. The molecule has 0 amide bonds. The smallest absolute Gasteiger partial charge is 0.272 e. The maximum absolute atomic E-state index is 12.9. The van der Waals surface area contributed by atoms with Crippen molar-refractivity contribution < 1.29 is 9.47 Å². The van der Waals surface area contributed by atoms with E-state index in [9.17, 15) is 4.79 Å². The van der Waals surface area contributed by atoms with Gasteiger partial charge in [0, 0.05) is 18.5 Å². The Morgan fingerprint density at radius 1 is 1.07 bits per heavy atom. The van der Waals surface area contributed by atoms with Gasteiger partial charge < -0.3 is 14.8 Å². The van der Waals surface area contributed by atoms with Crippen molar-refractivity contribution in [1.29, 1.82) is 0 Å². The predicted molar refractivity (Wildman–Crippen MR) is 122 cm³/mol. The minimum atomic E-state index is -0.0597. The van der Waals surface area contributed by atoms with E-state index in [4.69, 9.17) is 14.5 Å². The van der Waals surface area contributed by atoms with Crippen LogP contribution in [0.25, 0.3) is 20.7 Å². The Bertz CT molecular complexity index is 1280. The fourth-order valence-corrected chi connectivity index (χ4v) is 4.51. The lowest BCUT2D eigenvalue weighted by molar-refractivity contribution is 0.414. The van der Waals surface area contributed by atoms with Crippen molar-refractivity contribution in [3.8, 4) is 21.9 Å². The summed E-state index contributed by atoms with van der Waals surface area (Å²) in [7, 11) is 5.03. The van der Waals surface area contributed by atoms with Gasteiger partial charge in [-0.25, -0.2) is 4.98 Å². The van der Waals surface area contributed by atoms with E-state index in [0.717, 1.165) is 33.1 Å². The lowest BCUT2D eigenvalue weighted by Gasteiger charge is -2.10. The Balaban J connectivity index is 1.68. The number of ether oxygens (including phenoxy) is 2. The summed E-state index contributed by atoms with van der Waals surface area (Å²) in [5.74, 6) is 2.14. The third kappa shape index (κ3) is 3.76. The van der Waals surface area contributed by atoms with Crippen LogP contribution in [0.5, 0.6) is 11.5 Å². The van der Waals surface area contributed by atoms with Gasteiger partial charge in [0.25, 0.3) is 5.56 Å². The highest BCUT2D eigenvalue weighted by Gasteiger charge is 2.14. The maximum atomic E-state index is 12.9. The molecule has 0 unspecified atom stereocenters. The van der Waals surface area contributed by atoms with Gasteiger partial charge in [-0.05, 0) is 60.0 Å². The number of nitrogens with zero attached hydrogens (tertiary/aromatic N) is 2. The molecule has 0 saturated carbocycles. The van der Waals surface area contributed by atoms with E-state index in [1.807, 2.05) is 55.5 Å². The standard InChI is InChI=1S/C23H23N3O3S/c1-14-10-17(29-4)8-9-18(14)20-12-19-21(30-20)22(27)26(2)23(25-19)24-13-15-6-5-7-16(11-15)28-3/h5-12H,13H2,1-4H3,(H,24,25). The van der Waals surface area contributed by atoms with Crippen LogP contribution >= 0.6 is 11.3 Å². The maximum Gasteiger partial charge on any atom is 0.272 e. The van der Waals surface area contributed by atoms with E-state index in [1.54, 1.807) is 25.8 Å². The molecule has 2 aromatic heterocycles. The van der Waals surface area contributed by atoms with Crippen LogP contribution in [-0.2, 0) is 13.6 Å². The Kier molecular flexibility index (Phi) is 5.46. The van der Waals surface area contributed by atoms with Gasteiger partial charge in [-0.1, -0.05) is 12.1 Å². The molecule has 0 aliphatic heterocycles. The van der Waals surface area contributed by atoms with Gasteiger partial charge >= 0.3 is 0 Å². The van der Waals surface area contributed by atoms with Crippen molar-refractivity contribution in [3.05, 3.63) is 70.0 Å². The molecule has 0 spiro atoms. The number of rotatable bonds is 6. The molecule has 0 bridgehead atoms. The Labute approximate surface area is 178 Å². The molecule has 154 valence electrons. The van der Waals surface area contributed by atoms with E-state index in [1.165, 1.54) is 11.3 Å². The second-order valence-corrected chi connectivity index (χ2v) is 8.06. The Morgan fingerprint density at radius 2 is 1.83 bits per heavy atom. The molecule has 7 heteroatoms. The largest absolute Gasteiger partial charge is 0.497 e. The number of aromatic nitrogens is 2. The summed E-state index contributed by atoms with van der Waals surface area (Å²) in [6.45, 7) is 2.58. The molecule has 0 fully saturated rings. The number of benzene rings is 2. The molecule has 2 aromatic carbocycles. The molecule has 30 heavy (non-hydrogen) atoms. The molecule has 6 nitrogen and oxygen atoms in total. The average Bonchev–Trinajstić information content (AvgIpc) is 3.19. The first-order chi connectivity index (χ1) is 14.5. The van der Waals surface area contributed by atoms with Crippen molar-refractivity contribution in [2.24, 2.45) is 7.05 Å². The summed E-state index contributed by atoms with van der Waals surface area (Å²) in [5.41, 5.74) is 3.85. The lowest BCUT2D eigenvalue weighted by Crippen LogP contribution is -2.21. The fraction of sp³-hybridized carbons (Fsp3) is 0.217. The van der Waals surface area contributed by atoms with Crippen LogP contribution in [0.3, 0.4) is 0 Å². The molecular weight excluding hydrogens is 398 g/mol. The number of nitrogens with one attached hydrogen (secondary N) is 1. The second-order valence-electron chi connectivity index (χ2n) is 7.01. The van der Waals surface area contributed by atoms with Gasteiger partial charge in [0.1, 0.15) is 16.2 Å². The zero-order chi connectivity index (χ0) is 21.3. The van der Waals surface area contributed by atoms with Gasteiger partial charge in [0.15, 0.2) is 0 Å². The summed E-state index contributed by atoms with van der Waals surface area (Å²) in [4.78, 5) is 18.7. The van der Waals surface area contributed by atoms with Crippen LogP contribution in [-0.4, -0.2) is 23.8 Å². The van der Waals surface area contributed by atoms with Crippen molar-refractivity contribution in [1.82, 2.24) is 9.55 Å². The molecule has 0 radical (unpaired) electrons. The highest BCUT2D eigenvalue weighted by atomic mass is 32.1. The highest BCUT2D eigenvalue weighted by Crippen LogP contribution is 2.34. The third-order valence-electron chi connectivity index (χ3n) is 5.04. The molecule has 0 saturated heterocycles. The minimum absolute atomic E-state index is 0.0597. The van der Waals surface area contributed by atoms with Crippen LogP contribution in [0.15, 0.2) is 53.3 Å². The molecule has 1 N–H and O–H groups in total. The number of anilines is 1. The van der Waals surface area contributed by atoms with E-state index in [2.05, 4.69) is 5.32 Å². The molecule has 0 aliphatic rings. The number of methoxy groups -OCH3 is 2. The van der Waals surface area contributed by atoms with E-state index < -0.39 is 0 Å².